The predicted octanol–water partition coefficient (Wildman–Crippen LogP) is 2.79. The van der Waals surface area contributed by atoms with Gasteiger partial charge in [-0.05, 0) is 29.7 Å². The number of benzene rings is 2. The molecule has 3 rings (SSSR count). The molecule has 0 bridgehead atoms. The molecule has 132 valence electrons. The average molecular weight is 340 g/mol. The number of nitrogens with zero attached hydrogens (tertiary/aromatic N) is 1. The monoisotopic (exact) mass is 340 g/mol. The maximum absolute atomic E-state index is 12.2. The number of carbonyl (C=O) groups is 1. The summed E-state index contributed by atoms with van der Waals surface area (Å²) in [5, 5.41) is 12.1. The maximum Gasteiger partial charge on any atom is 0.317 e. The molecule has 0 aromatic heterocycles. The van der Waals surface area contributed by atoms with Gasteiger partial charge in [0.05, 0.1) is 0 Å². The third-order valence-electron chi connectivity index (χ3n) is 4.42. The average Bonchev–Trinajstić information content (AvgIpc) is 3.15. The zero-order valence-corrected chi connectivity index (χ0v) is 14.2. The minimum atomic E-state index is -0.0773. The first-order valence-corrected chi connectivity index (χ1v) is 8.64. The molecule has 0 saturated carbocycles. The molecule has 1 fully saturated rings. The van der Waals surface area contributed by atoms with Crippen molar-refractivity contribution in [1.29, 1.82) is 0 Å². The van der Waals surface area contributed by atoms with Gasteiger partial charge in [-0.15, -0.1) is 0 Å². The number of hydrogen-bond donors (Lipinski definition) is 2. The van der Waals surface area contributed by atoms with Gasteiger partial charge in [-0.3, -0.25) is 0 Å². The molecule has 1 heterocycles. The molecule has 0 spiro atoms. The van der Waals surface area contributed by atoms with E-state index in [1.807, 2.05) is 54.6 Å². The minimum Gasteiger partial charge on any atom is -0.489 e. The number of nitrogens with one attached hydrogen (secondary N) is 1. The van der Waals surface area contributed by atoms with Crippen molar-refractivity contribution in [3.05, 3.63) is 65.7 Å². The summed E-state index contributed by atoms with van der Waals surface area (Å²) in [6, 6.07) is 17.7. The van der Waals surface area contributed by atoms with Crippen molar-refractivity contribution in [2.24, 2.45) is 5.92 Å². The van der Waals surface area contributed by atoms with E-state index in [1.165, 1.54) is 0 Å². The third kappa shape index (κ3) is 4.97. The van der Waals surface area contributed by atoms with E-state index >= 15 is 0 Å². The quantitative estimate of drug-likeness (QED) is 0.850. The number of hydrogen-bond acceptors (Lipinski definition) is 3. The summed E-state index contributed by atoms with van der Waals surface area (Å²) in [4.78, 5) is 13.9. The number of carbonyl (C=O) groups excluding carboxylic acids is 1. The maximum atomic E-state index is 12.2. The zero-order valence-electron chi connectivity index (χ0n) is 14.2. The van der Waals surface area contributed by atoms with Crippen LogP contribution in [0.1, 0.15) is 17.5 Å². The van der Waals surface area contributed by atoms with Crippen molar-refractivity contribution >= 4 is 6.03 Å². The summed E-state index contributed by atoms with van der Waals surface area (Å²) >= 11 is 0. The summed E-state index contributed by atoms with van der Waals surface area (Å²) < 4.78 is 5.82. The van der Waals surface area contributed by atoms with Crippen LogP contribution in [-0.2, 0) is 13.2 Å². The van der Waals surface area contributed by atoms with E-state index in [1.54, 1.807) is 4.90 Å². The molecule has 2 aromatic carbocycles. The normalized spacial score (nSPS) is 16.7. The van der Waals surface area contributed by atoms with Crippen molar-refractivity contribution in [2.75, 3.05) is 19.7 Å². The van der Waals surface area contributed by atoms with Crippen molar-refractivity contribution < 1.29 is 14.6 Å². The minimum absolute atomic E-state index is 0.0773. The zero-order chi connectivity index (χ0) is 17.5. The molecule has 1 saturated heterocycles. The third-order valence-corrected chi connectivity index (χ3v) is 4.42. The second-order valence-electron chi connectivity index (χ2n) is 6.36. The molecular weight excluding hydrogens is 316 g/mol. The van der Waals surface area contributed by atoms with E-state index in [0.29, 0.717) is 26.2 Å². The van der Waals surface area contributed by atoms with Gasteiger partial charge in [0.1, 0.15) is 12.4 Å². The van der Waals surface area contributed by atoms with Crippen LogP contribution in [0, 0.1) is 5.92 Å². The number of aliphatic hydroxyl groups excluding tert-OH is 1. The molecule has 1 unspecified atom stereocenters. The summed E-state index contributed by atoms with van der Waals surface area (Å²) in [5.74, 6) is 0.998. The highest BCUT2D eigenvalue weighted by Crippen LogP contribution is 2.17. The summed E-state index contributed by atoms with van der Waals surface area (Å²) in [6.45, 7) is 2.46. The second kappa shape index (κ2) is 8.53. The van der Waals surface area contributed by atoms with Gasteiger partial charge in [-0.2, -0.15) is 0 Å². The predicted molar refractivity (Wildman–Crippen MR) is 96.2 cm³/mol. The van der Waals surface area contributed by atoms with Crippen molar-refractivity contribution in [3.8, 4) is 5.75 Å². The van der Waals surface area contributed by atoms with E-state index in [-0.39, 0.29) is 18.6 Å². The van der Waals surface area contributed by atoms with Crippen LogP contribution in [0.25, 0.3) is 0 Å². The van der Waals surface area contributed by atoms with Gasteiger partial charge < -0.3 is 20.1 Å². The first-order chi connectivity index (χ1) is 12.2. The first-order valence-electron chi connectivity index (χ1n) is 8.64. The van der Waals surface area contributed by atoms with Crippen LogP contribution in [0.4, 0.5) is 4.79 Å². The number of ether oxygens (including phenoxy) is 1. The molecule has 5 heteroatoms. The lowest BCUT2D eigenvalue weighted by Crippen LogP contribution is -2.38. The lowest BCUT2D eigenvalue weighted by Gasteiger charge is -2.17. The number of likely N-dealkylation sites (tertiary alicyclic amines) is 1. The van der Waals surface area contributed by atoms with Gasteiger partial charge in [-0.1, -0.05) is 42.5 Å². The Morgan fingerprint density at radius 2 is 1.96 bits per heavy atom. The molecular formula is C20H24N2O3. The first kappa shape index (κ1) is 17.3. The fraction of sp³-hybridized carbons (Fsp3) is 0.350. The lowest BCUT2D eigenvalue weighted by atomic mass is 10.1. The number of urea groups is 1. The number of rotatable bonds is 6. The highest BCUT2D eigenvalue weighted by Gasteiger charge is 2.25. The smallest absolute Gasteiger partial charge is 0.317 e. The molecule has 2 N–H and O–H groups in total. The van der Waals surface area contributed by atoms with E-state index in [2.05, 4.69) is 5.32 Å². The van der Waals surface area contributed by atoms with Crippen molar-refractivity contribution in [1.82, 2.24) is 10.2 Å². The van der Waals surface area contributed by atoms with Crippen LogP contribution in [0.2, 0.25) is 0 Å². The summed E-state index contributed by atoms with van der Waals surface area (Å²) in [7, 11) is 0. The highest BCUT2D eigenvalue weighted by atomic mass is 16.5. The lowest BCUT2D eigenvalue weighted by molar-refractivity contribution is 0.198. The van der Waals surface area contributed by atoms with Gasteiger partial charge in [-0.25, -0.2) is 4.79 Å². The van der Waals surface area contributed by atoms with E-state index < -0.39 is 0 Å². The van der Waals surface area contributed by atoms with Crippen LogP contribution in [-0.4, -0.2) is 35.7 Å². The van der Waals surface area contributed by atoms with Gasteiger partial charge in [0, 0.05) is 32.2 Å². The molecule has 25 heavy (non-hydrogen) atoms. The van der Waals surface area contributed by atoms with E-state index in [9.17, 15) is 4.79 Å². The topological polar surface area (TPSA) is 61.8 Å². The Hall–Kier alpha value is -2.53. The fourth-order valence-corrected chi connectivity index (χ4v) is 2.94. The Kier molecular flexibility index (Phi) is 5.90. The van der Waals surface area contributed by atoms with Crippen LogP contribution in [0.3, 0.4) is 0 Å². The SMILES string of the molecule is O=C(NCc1cccc(OCc2ccccc2)c1)N1CCC(CO)C1. The fourth-order valence-electron chi connectivity index (χ4n) is 2.94. The Bertz CT molecular complexity index is 690. The van der Waals surface area contributed by atoms with Gasteiger partial charge in [0.15, 0.2) is 0 Å². The molecule has 0 aliphatic carbocycles. The van der Waals surface area contributed by atoms with E-state index in [4.69, 9.17) is 9.84 Å². The standard InChI is InChI=1S/C20H24N2O3/c23-14-18-9-10-22(13-18)20(24)21-12-17-7-4-8-19(11-17)25-15-16-5-2-1-3-6-16/h1-8,11,18,23H,9-10,12-15H2,(H,21,24). The molecule has 1 aliphatic rings. The second-order valence-corrected chi connectivity index (χ2v) is 6.36. The highest BCUT2D eigenvalue weighted by molar-refractivity contribution is 5.74. The Balaban J connectivity index is 1.49. The van der Waals surface area contributed by atoms with Crippen LogP contribution >= 0.6 is 0 Å². The Labute approximate surface area is 148 Å². The van der Waals surface area contributed by atoms with Crippen LogP contribution in [0.5, 0.6) is 5.75 Å². The van der Waals surface area contributed by atoms with Gasteiger partial charge in [0.25, 0.3) is 0 Å². The Morgan fingerprint density at radius 1 is 1.16 bits per heavy atom. The molecule has 1 aliphatic heterocycles. The summed E-state index contributed by atoms with van der Waals surface area (Å²) in [6.07, 6.45) is 0.868. The van der Waals surface area contributed by atoms with Crippen molar-refractivity contribution in [2.45, 2.75) is 19.6 Å². The molecule has 0 radical (unpaired) electrons. The molecule has 5 nitrogen and oxygen atoms in total. The van der Waals surface area contributed by atoms with Crippen LogP contribution < -0.4 is 10.1 Å². The largest absolute Gasteiger partial charge is 0.489 e. The number of aliphatic hydroxyl groups is 1. The van der Waals surface area contributed by atoms with Crippen LogP contribution in [0.15, 0.2) is 54.6 Å². The Morgan fingerprint density at radius 3 is 2.72 bits per heavy atom. The molecule has 1 atom stereocenters. The van der Waals surface area contributed by atoms with Crippen molar-refractivity contribution in [3.63, 3.8) is 0 Å². The molecule has 2 amide bonds. The van der Waals surface area contributed by atoms with Gasteiger partial charge in [0.2, 0.25) is 0 Å². The summed E-state index contributed by atoms with van der Waals surface area (Å²) in [5.41, 5.74) is 2.12. The molecule has 2 aromatic rings. The van der Waals surface area contributed by atoms with E-state index in [0.717, 1.165) is 23.3 Å². The number of amides is 2. The van der Waals surface area contributed by atoms with Gasteiger partial charge >= 0.3 is 6.03 Å².